The summed E-state index contributed by atoms with van der Waals surface area (Å²) in [6, 6.07) is 4.92. The van der Waals surface area contributed by atoms with Crippen LogP contribution < -0.4 is 10.6 Å². The van der Waals surface area contributed by atoms with Crippen molar-refractivity contribution in [2.24, 2.45) is 0 Å². The molecular weight excluding hydrogens is 522 g/mol. The molecule has 7 nitrogen and oxygen atoms in total. The van der Waals surface area contributed by atoms with Gasteiger partial charge in [0.1, 0.15) is 17.5 Å². The number of carbonyl (C=O) groups is 1. The molecule has 0 spiro atoms. The number of carbonyl (C=O) groups excluding carboxylic acids is 1. The van der Waals surface area contributed by atoms with Crippen LogP contribution in [0.1, 0.15) is 6.92 Å². The van der Waals surface area contributed by atoms with Crippen molar-refractivity contribution in [3.8, 4) is 11.1 Å². The summed E-state index contributed by atoms with van der Waals surface area (Å²) in [6.07, 6.45) is 1.00. The Bertz CT molecular complexity index is 1480. The Kier molecular flexibility index (Phi) is 6.99. The van der Waals surface area contributed by atoms with E-state index in [1.807, 2.05) is 11.8 Å². The van der Waals surface area contributed by atoms with Crippen LogP contribution >= 0.6 is 23.4 Å². The molecule has 1 fully saturated rings. The fourth-order valence-corrected chi connectivity index (χ4v) is 6.69. The van der Waals surface area contributed by atoms with E-state index in [9.17, 15) is 18.4 Å². The molecule has 11 heteroatoms. The van der Waals surface area contributed by atoms with E-state index in [-0.39, 0.29) is 35.2 Å². The number of benzene rings is 2. The zero-order valence-corrected chi connectivity index (χ0v) is 21.9. The van der Waals surface area contributed by atoms with Crippen LogP contribution in [0, 0.1) is 11.6 Å². The molecule has 0 bridgehead atoms. The van der Waals surface area contributed by atoms with Crippen LogP contribution in [0.2, 0.25) is 5.02 Å². The van der Waals surface area contributed by atoms with Gasteiger partial charge in [-0.3, -0.25) is 9.36 Å². The quantitative estimate of drug-likeness (QED) is 0.454. The van der Waals surface area contributed by atoms with Gasteiger partial charge in [0.25, 0.3) is 0 Å². The standard InChI is InChI=1S/C26H25ClF2N4O3S/c1-4-21(34)31-7-8-32(14(2)11-31)25-18-10-19(27)22(17-6-5-15(28)9-20(17)29)24-23(18)33(26(35)30-25)12-16(36-3)13-37-24/h4-6,9-10,14,16H,1,7-8,11-13H2,2-3H3/t14-,16-/m0/s1. The highest BCUT2D eigenvalue weighted by atomic mass is 35.5. The third-order valence-corrected chi connectivity index (χ3v) is 8.39. The van der Waals surface area contributed by atoms with Crippen molar-refractivity contribution in [3.63, 3.8) is 0 Å². The molecule has 2 atom stereocenters. The fourth-order valence-electron chi connectivity index (χ4n) is 5.01. The van der Waals surface area contributed by atoms with Gasteiger partial charge in [0.15, 0.2) is 0 Å². The summed E-state index contributed by atoms with van der Waals surface area (Å²) in [6.45, 7) is 7.14. The molecule has 1 aromatic heterocycles. The maximum absolute atomic E-state index is 15.0. The van der Waals surface area contributed by atoms with Gasteiger partial charge in [-0.25, -0.2) is 13.6 Å². The fraction of sp³-hybridized carbons (Fsp3) is 0.346. The first kappa shape index (κ1) is 25.7. The molecule has 0 saturated carbocycles. The van der Waals surface area contributed by atoms with Gasteiger partial charge in [-0.1, -0.05) is 18.2 Å². The minimum Gasteiger partial charge on any atom is -0.379 e. The van der Waals surface area contributed by atoms with Crippen LogP contribution in [-0.2, 0) is 16.1 Å². The van der Waals surface area contributed by atoms with E-state index in [0.717, 1.165) is 6.07 Å². The third kappa shape index (κ3) is 4.51. The van der Waals surface area contributed by atoms with Gasteiger partial charge in [-0.2, -0.15) is 4.98 Å². The van der Waals surface area contributed by atoms with Gasteiger partial charge in [-0.05, 0) is 31.2 Å². The summed E-state index contributed by atoms with van der Waals surface area (Å²) >= 11 is 8.22. The minimum absolute atomic E-state index is 0.135. The van der Waals surface area contributed by atoms with E-state index in [2.05, 4.69) is 11.6 Å². The van der Waals surface area contributed by atoms with Gasteiger partial charge < -0.3 is 14.5 Å². The summed E-state index contributed by atoms with van der Waals surface area (Å²) in [5.74, 6) is -0.631. The average molecular weight is 547 g/mol. The molecule has 1 amide bonds. The predicted molar refractivity (Wildman–Crippen MR) is 141 cm³/mol. The van der Waals surface area contributed by atoms with Crippen molar-refractivity contribution >= 4 is 46.0 Å². The Labute approximate surface area is 221 Å². The minimum atomic E-state index is -0.745. The summed E-state index contributed by atoms with van der Waals surface area (Å²) in [5.41, 5.74) is 0.666. The molecule has 3 aromatic rings. The van der Waals surface area contributed by atoms with Gasteiger partial charge in [0.05, 0.1) is 23.2 Å². The second-order valence-corrected chi connectivity index (χ2v) is 10.5. The second kappa shape index (κ2) is 10.1. The van der Waals surface area contributed by atoms with Crippen LogP contribution in [-0.4, -0.2) is 65.0 Å². The molecule has 2 aliphatic heterocycles. The van der Waals surface area contributed by atoms with Crippen molar-refractivity contribution in [3.05, 3.63) is 64.1 Å². The van der Waals surface area contributed by atoms with E-state index in [1.165, 1.54) is 30.0 Å². The number of nitrogens with zero attached hydrogens (tertiary/aromatic N) is 4. The Morgan fingerprint density at radius 2 is 2.05 bits per heavy atom. The van der Waals surface area contributed by atoms with Gasteiger partial charge in [0.2, 0.25) is 5.91 Å². The van der Waals surface area contributed by atoms with E-state index in [4.69, 9.17) is 16.3 Å². The van der Waals surface area contributed by atoms with E-state index >= 15 is 0 Å². The van der Waals surface area contributed by atoms with Crippen molar-refractivity contribution in [1.82, 2.24) is 14.5 Å². The molecule has 5 rings (SSSR count). The number of ether oxygens (including phenoxy) is 1. The Morgan fingerprint density at radius 3 is 2.73 bits per heavy atom. The number of halogens is 3. The lowest BCUT2D eigenvalue weighted by atomic mass is 10.0. The van der Waals surface area contributed by atoms with E-state index in [1.54, 1.807) is 22.6 Å². The summed E-state index contributed by atoms with van der Waals surface area (Å²) < 4.78 is 35.8. The zero-order chi connectivity index (χ0) is 26.4. The summed E-state index contributed by atoms with van der Waals surface area (Å²) in [5, 5.41) is 0.906. The Balaban J connectivity index is 1.75. The van der Waals surface area contributed by atoms with Crippen molar-refractivity contribution in [2.75, 3.05) is 37.4 Å². The first-order valence-corrected chi connectivity index (χ1v) is 13.2. The molecule has 0 aliphatic carbocycles. The maximum Gasteiger partial charge on any atom is 0.350 e. The van der Waals surface area contributed by atoms with E-state index in [0.29, 0.717) is 52.6 Å². The molecule has 0 radical (unpaired) electrons. The number of hydrogen-bond acceptors (Lipinski definition) is 6. The normalized spacial score (nSPS) is 19.7. The van der Waals surface area contributed by atoms with Crippen LogP contribution in [0.4, 0.5) is 14.6 Å². The lowest BCUT2D eigenvalue weighted by Gasteiger charge is -2.40. The molecule has 2 aliphatic rings. The number of methoxy groups -OCH3 is 1. The highest BCUT2D eigenvalue weighted by Gasteiger charge is 2.32. The number of piperazine rings is 1. The number of amides is 1. The highest BCUT2D eigenvalue weighted by molar-refractivity contribution is 7.99. The first-order chi connectivity index (χ1) is 17.7. The topological polar surface area (TPSA) is 67.7 Å². The smallest absolute Gasteiger partial charge is 0.350 e. The molecule has 3 heterocycles. The monoisotopic (exact) mass is 546 g/mol. The van der Waals surface area contributed by atoms with Crippen LogP contribution in [0.15, 0.2) is 46.6 Å². The third-order valence-electron chi connectivity index (χ3n) is 6.87. The Hall–Kier alpha value is -2.95. The molecular formula is C26H25ClF2N4O3S. The molecule has 37 heavy (non-hydrogen) atoms. The van der Waals surface area contributed by atoms with Crippen LogP contribution in [0.5, 0.6) is 0 Å². The van der Waals surface area contributed by atoms with Crippen LogP contribution in [0.25, 0.3) is 22.0 Å². The molecule has 2 aromatic carbocycles. The predicted octanol–water partition coefficient (Wildman–Crippen LogP) is 4.34. The second-order valence-electron chi connectivity index (χ2n) is 9.11. The molecule has 0 N–H and O–H groups in total. The van der Waals surface area contributed by atoms with Gasteiger partial charge in [-0.15, -0.1) is 11.8 Å². The lowest BCUT2D eigenvalue weighted by Crippen LogP contribution is -2.54. The summed E-state index contributed by atoms with van der Waals surface area (Å²) in [4.78, 5) is 34.4. The number of thioether (sulfide) groups is 1. The largest absolute Gasteiger partial charge is 0.379 e. The van der Waals surface area contributed by atoms with Crippen molar-refractivity contribution in [1.29, 1.82) is 0 Å². The number of aromatic nitrogens is 2. The highest BCUT2D eigenvalue weighted by Crippen LogP contribution is 2.46. The lowest BCUT2D eigenvalue weighted by molar-refractivity contribution is -0.126. The molecule has 1 saturated heterocycles. The number of hydrogen-bond donors (Lipinski definition) is 0. The van der Waals surface area contributed by atoms with Crippen molar-refractivity contribution < 1.29 is 18.3 Å². The number of rotatable bonds is 4. The SMILES string of the molecule is C=CC(=O)N1CCN(c2nc(=O)n3c4c(c(-c5ccc(F)cc5F)c(Cl)cc24)SC[C@@H](OC)C3)[C@@H](C)C1. The van der Waals surface area contributed by atoms with Gasteiger partial charge >= 0.3 is 5.69 Å². The first-order valence-electron chi connectivity index (χ1n) is 11.8. The Morgan fingerprint density at radius 1 is 1.27 bits per heavy atom. The number of anilines is 1. The summed E-state index contributed by atoms with van der Waals surface area (Å²) in [7, 11) is 1.57. The maximum atomic E-state index is 15.0. The van der Waals surface area contributed by atoms with Gasteiger partial charge in [0, 0.05) is 66.0 Å². The zero-order valence-electron chi connectivity index (χ0n) is 20.3. The average Bonchev–Trinajstić information content (AvgIpc) is 3.07. The van der Waals surface area contributed by atoms with Crippen molar-refractivity contribution in [2.45, 2.75) is 30.5 Å². The molecule has 0 unspecified atom stereocenters. The van der Waals surface area contributed by atoms with Crippen LogP contribution in [0.3, 0.4) is 0 Å². The molecule has 194 valence electrons. The van der Waals surface area contributed by atoms with E-state index < -0.39 is 17.3 Å².